The van der Waals surface area contributed by atoms with E-state index >= 15 is 0 Å². The molecule has 0 saturated carbocycles. The lowest BCUT2D eigenvalue weighted by molar-refractivity contribution is 0.476. The van der Waals surface area contributed by atoms with Crippen molar-refractivity contribution in [2.75, 3.05) is 5.43 Å². The number of anilines is 1. The molecule has 4 N–H and O–H groups in total. The minimum Gasteiger partial charge on any atom is -0.455 e. The molecule has 1 heterocycles. The smallest absolute Gasteiger partial charge is 0.201 e. The summed E-state index contributed by atoms with van der Waals surface area (Å²) >= 11 is 0. The number of nitrogens with one attached hydrogen (secondary N) is 2. The Morgan fingerprint density at radius 1 is 1.35 bits per heavy atom. The fraction of sp³-hybridized carbons (Fsp3) is 0.125. The van der Waals surface area contributed by atoms with Crippen molar-refractivity contribution in [2.24, 2.45) is 10.8 Å². The number of ether oxygens (including phenoxy) is 1. The highest BCUT2D eigenvalue weighted by Crippen LogP contribution is 2.27. The summed E-state index contributed by atoms with van der Waals surface area (Å²) in [6.45, 7) is 3.80. The van der Waals surface area contributed by atoms with E-state index in [1.165, 1.54) is 0 Å². The van der Waals surface area contributed by atoms with E-state index in [-0.39, 0.29) is 11.5 Å². The molecule has 7 nitrogen and oxygen atoms in total. The van der Waals surface area contributed by atoms with E-state index in [0.29, 0.717) is 17.2 Å². The normalized spacial score (nSPS) is 10.7. The average molecular weight is 308 g/mol. The number of hydrogen-bond acceptors (Lipinski definition) is 6. The molecule has 0 fully saturated rings. The third kappa shape index (κ3) is 4.28. The molecule has 0 aliphatic rings. The van der Waals surface area contributed by atoms with Crippen molar-refractivity contribution in [1.82, 2.24) is 4.98 Å². The zero-order valence-corrected chi connectivity index (χ0v) is 12.8. The van der Waals surface area contributed by atoms with Gasteiger partial charge < -0.3 is 10.5 Å². The van der Waals surface area contributed by atoms with E-state index in [4.69, 9.17) is 21.1 Å². The van der Waals surface area contributed by atoms with Gasteiger partial charge in [0.05, 0.1) is 11.9 Å². The van der Waals surface area contributed by atoms with Gasteiger partial charge in [-0.05, 0) is 49.7 Å². The van der Waals surface area contributed by atoms with Gasteiger partial charge in [-0.1, -0.05) is 0 Å². The summed E-state index contributed by atoms with van der Waals surface area (Å²) in [5, 5.41) is 19.8. The molecule has 0 amide bonds. The molecular weight excluding hydrogens is 292 g/mol. The number of benzene rings is 1. The van der Waals surface area contributed by atoms with Gasteiger partial charge in [-0.15, -0.1) is 0 Å². The van der Waals surface area contributed by atoms with Gasteiger partial charge in [0.15, 0.2) is 5.84 Å². The van der Waals surface area contributed by atoms with Gasteiger partial charge >= 0.3 is 0 Å². The third-order valence-electron chi connectivity index (χ3n) is 2.94. The van der Waals surface area contributed by atoms with Crippen molar-refractivity contribution in [2.45, 2.75) is 13.8 Å². The minimum absolute atomic E-state index is 0.172. The number of amidine groups is 1. The van der Waals surface area contributed by atoms with Crippen LogP contribution < -0.4 is 15.9 Å². The summed E-state index contributed by atoms with van der Waals surface area (Å²) in [4.78, 5) is 4.18. The monoisotopic (exact) mass is 308 g/mol. The molecule has 0 saturated heterocycles. The number of rotatable bonds is 5. The predicted octanol–water partition coefficient (Wildman–Crippen LogP) is 2.72. The van der Waals surface area contributed by atoms with Crippen LogP contribution in [-0.2, 0) is 0 Å². The van der Waals surface area contributed by atoms with Crippen molar-refractivity contribution in [3.05, 3.63) is 47.8 Å². The van der Waals surface area contributed by atoms with Gasteiger partial charge in [-0.2, -0.15) is 10.4 Å². The van der Waals surface area contributed by atoms with Crippen LogP contribution >= 0.6 is 0 Å². The fourth-order valence-corrected chi connectivity index (χ4v) is 1.74. The van der Waals surface area contributed by atoms with Crippen LogP contribution in [0.5, 0.6) is 11.5 Å². The van der Waals surface area contributed by atoms with E-state index in [9.17, 15) is 0 Å². The molecule has 0 spiro atoms. The summed E-state index contributed by atoms with van der Waals surface area (Å²) < 4.78 is 5.77. The molecular formula is C16H16N6O. The number of nitriles is 1. The van der Waals surface area contributed by atoms with Crippen molar-refractivity contribution >= 4 is 17.2 Å². The molecule has 1 aromatic carbocycles. The van der Waals surface area contributed by atoms with Crippen molar-refractivity contribution in [1.29, 1.82) is 10.7 Å². The third-order valence-corrected chi connectivity index (χ3v) is 2.94. The SMILES string of the molecule is Cc1ccc(Oc2ccc(N/N=C(\C#N)C(=N)N)cc2C)cn1. The zero-order chi connectivity index (χ0) is 16.8. The van der Waals surface area contributed by atoms with Crippen LogP contribution in [0, 0.1) is 30.6 Å². The van der Waals surface area contributed by atoms with Crippen molar-refractivity contribution < 1.29 is 4.74 Å². The molecule has 2 rings (SSSR count). The maximum atomic E-state index is 8.79. The lowest BCUT2D eigenvalue weighted by Crippen LogP contribution is -2.21. The molecule has 116 valence electrons. The van der Waals surface area contributed by atoms with E-state index in [1.807, 2.05) is 32.0 Å². The summed E-state index contributed by atoms with van der Waals surface area (Å²) in [7, 11) is 0. The van der Waals surface area contributed by atoms with Crippen LogP contribution in [0.25, 0.3) is 0 Å². The van der Waals surface area contributed by atoms with Gasteiger partial charge in [0, 0.05) is 5.69 Å². The molecule has 0 unspecified atom stereocenters. The van der Waals surface area contributed by atoms with E-state index in [2.05, 4.69) is 15.5 Å². The highest BCUT2D eigenvalue weighted by atomic mass is 16.5. The summed E-state index contributed by atoms with van der Waals surface area (Å²) in [6, 6.07) is 10.8. The van der Waals surface area contributed by atoms with E-state index in [0.717, 1.165) is 11.3 Å². The fourth-order valence-electron chi connectivity index (χ4n) is 1.74. The zero-order valence-electron chi connectivity index (χ0n) is 12.8. The van der Waals surface area contributed by atoms with Crippen LogP contribution in [0.4, 0.5) is 5.69 Å². The Morgan fingerprint density at radius 3 is 2.70 bits per heavy atom. The van der Waals surface area contributed by atoms with Gasteiger partial charge in [0.2, 0.25) is 5.71 Å². The second kappa shape index (κ2) is 7.04. The molecule has 0 bridgehead atoms. The van der Waals surface area contributed by atoms with E-state index < -0.39 is 0 Å². The Morgan fingerprint density at radius 2 is 2.13 bits per heavy atom. The molecule has 0 aliphatic carbocycles. The first-order valence-electron chi connectivity index (χ1n) is 6.79. The lowest BCUT2D eigenvalue weighted by Gasteiger charge is -2.10. The molecule has 2 aromatic rings. The highest BCUT2D eigenvalue weighted by Gasteiger charge is 2.05. The van der Waals surface area contributed by atoms with Crippen LogP contribution in [0.3, 0.4) is 0 Å². The minimum atomic E-state index is -0.386. The van der Waals surface area contributed by atoms with Crippen LogP contribution in [0.15, 0.2) is 41.6 Å². The molecule has 0 atom stereocenters. The average Bonchev–Trinajstić information content (AvgIpc) is 2.52. The first-order valence-corrected chi connectivity index (χ1v) is 6.79. The van der Waals surface area contributed by atoms with Crippen LogP contribution in [0.2, 0.25) is 0 Å². The number of nitrogens with two attached hydrogens (primary N) is 1. The van der Waals surface area contributed by atoms with Gasteiger partial charge in [0.1, 0.15) is 17.6 Å². The molecule has 1 aromatic heterocycles. The second-order valence-corrected chi connectivity index (χ2v) is 4.82. The highest BCUT2D eigenvalue weighted by molar-refractivity contribution is 6.45. The summed E-state index contributed by atoms with van der Waals surface area (Å²) in [5.74, 6) is 0.960. The van der Waals surface area contributed by atoms with Gasteiger partial charge in [-0.25, -0.2) is 0 Å². The Hall–Kier alpha value is -3.40. The first-order chi connectivity index (χ1) is 11.0. The largest absolute Gasteiger partial charge is 0.455 e. The maximum Gasteiger partial charge on any atom is 0.201 e. The van der Waals surface area contributed by atoms with Gasteiger partial charge in [0.25, 0.3) is 0 Å². The molecule has 23 heavy (non-hydrogen) atoms. The topological polar surface area (TPSA) is 120 Å². The number of nitrogens with zero attached hydrogens (tertiary/aromatic N) is 3. The Labute approximate surface area is 133 Å². The first kappa shape index (κ1) is 16.0. The number of aryl methyl sites for hydroxylation is 2. The Kier molecular flexibility index (Phi) is 4.89. The standard InChI is InChI=1S/C16H16N6O/c1-10-7-12(21-22-14(8-17)16(18)19)4-6-15(10)23-13-5-3-11(2)20-9-13/h3-7,9,21H,1-2H3,(H3,18,19)/b22-14+. The predicted molar refractivity (Wildman–Crippen MR) is 88.8 cm³/mol. The lowest BCUT2D eigenvalue weighted by atomic mass is 10.2. The van der Waals surface area contributed by atoms with Crippen molar-refractivity contribution in [3.63, 3.8) is 0 Å². The number of pyridine rings is 1. The van der Waals surface area contributed by atoms with Gasteiger partial charge in [-0.3, -0.25) is 15.8 Å². The molecule has 0 aliphatic heterocycles. The number of hydrazone groups is 1. The summed E-state index contributed by atoms with van der Waals surface area (Å²) in [5.41, 5.74) is 10.2. The molecule has 7 heteroatoms. The Bertz CT molecular complexity index is 789. The van der Waals surface area contributed by atoms with Crippen LogP contribution in [0.1, 0.15) is 11.3 Å². The number of aromatic nitrogens is 1. The maximum absolute atomic E-state index is 8.79. The Balaban J connectivity index is 2.13. The molecule has 0 radical (unpaired) electrons. The summed E-state index contributed by atoms with van der Waals surface area (Å²) in [6.07, 6.45) is 1.66. The van der Waals surface area contributed by atoms with E-state index in [1.54, 1.807) is 24.4 Å². The van der Waals surface area contributed by atoms with Crippen LogP contribution in [-0.4, -0.2) is 16.5 Å². The van der Waals surface area contributed by atoms with Crippen molar-refractivity contribution in [3.8, 4) is 17.6 Å². The quantitative estimate of drug-likeness (QED) is 0.445. The number of hydrogen-bond donors (Lipinski definition) is 3. The second-order valence-electron chi connectivity index (χ2n) is 4.82.